The molecule has 1 amide bonds. The fraction of sp³-hybridized carbons (Fsp3) is 0.296. The molecule has 0 radical (unpaired) electrons. The van der Waals surface area contributed by atoms with Crippen LogP contribution in [0, 0.1) is 0 Å². The van der Waals surface area contributed by atoms with Crippen LogP contribution >= 0.6 is 0 Å². The second kappa shape index (κ2) is 9.53. The summed E-state index contributed by atoms with van der Waals surface area (Å²) in [4.78, 5) is 12.4. The molecule has 176 valence electrons. The van der Waals surface area contributed by atoms with E-state index in [1.54, 1.807) is 12.1 Å². The Hall–Kier alpha value is -3.29. The molecule has 1 fully saturated rings. The Morgan fingerprint density at radius 2 is 1.65 bits per heavy atom. The first kappa shape index (κ1) is 23.9. The van der Waals surface area contributed by atoms with Crippen molar-refractivity contribution in [3.05, 3.63) is 83.3 Å². The molecule has 0 aliphatic carbocycles. The van der Waals surface area contributed by atoms with Crippen LogP contribution in [0.5, 0.6) is 5.75 Å². The van der Waals surface area contributed by atoms with Crippen molar-refractivity contribution in [3.63, 3.8) is 0 Å². The normalized spacial score (nSPS) is 17.1. The Balaban J connectivity index is 1.54. The quantitative estimate of drug-likeness (QED) is 0.477. The molecule has 1 heterocycles. The molecule has 1 saturated heterocycles. The minimum absolute atomic E-state index is 0.191. The molecule has 0 aromatic heterocycles. The number of amides is 1. The highest BCUT2D eigenvalue weighted by Crippen LogP contribution is 2.38. The van der Waals surface area contributed by atoms with E-state index in [-0.39, 0.29) is 18.9 Å². The maximum atomic E-state index is 12.4. The third-order valence-corrected chi connectivity index (χ3v) is 6.41. The number of phenols is 1. The van der Waals surface area contributed by atoms with E-state index >= 15 is 0 Å². The standard InChI is InChI=1S/C27H30BNO5/c1-26(2)27(3,4)34-28(33-26)23(17-29-25(31)32-18-19-8-6-5-7-9-19)15-20-10-11-21-12-13-24(30)16-22(21)14-20/h5-16,30H,17-18H2,1-4H3,(H,29,31). The van der Waals surface area contributed by atoms with Gasteiger partial charge >= 0.3 is 13.2 Å². The van der Waals surface area contributed by atoms with Gasteiger partial charge in [0.05, 0.1) is 11.2 Å². The number of benzene rings is 3. The van der Waals surface area contributed by atoms with Crippen LogP contribution < -0.4 is 5.32 Å². The third-order valence-electron chi connectivity index (χ3n) is 6.41. The van der Waals surface area contributed by atoms with Gasteiger partial charge in [0.15, 0.2) is 0 Å². The fourth-order valence-corrected chi connectivity index (χ4v) is 3.70. The molecule has 0 spiro atoms. The Morgan fingerprint density at radius 3 is 2.35 bits per heavy atom. The van der Waals surface area contributed by atoms with Gasteiger partial charge in [-0.1, -0.05) is 54.6 Å². The zero-order chi connectivity index (χ0) is 24.3. The fourth-order valence-electron chi connectivity index (χ4n) is 3.70. The van der Waals surface area contributed by atoms with Gasteiger partial charge in [0.1, 0.15) is 12.4 Å². The van der Waals surface area contributed by atoms with Crippen molar-refractivity contribution in [2.45, 2.75) is 45.5 Å². The van der Waals surface area contributed by atoms with Crippen LogP contribution in [0.1, 0.15) is 38.8 Å². The first-order valence-electron chi connectivity index (χ1n) is 11.4. The lowest BCUT2D eigenvalue weighted by Crippen LogP contribution is -2.41. The number of rotatable bonds is 6. The number of hydrogen-bond acceptors (Lipinski definition) is 5. The highest BCUT2D eigenvalue weighted by molar-refractivity contribution is 6.56. The number of ether oxygens (including phenoxy) is 1. The van der Waals surface area contributed by atoms with Gasteiger partial charge in [0.25, 0.3) is 0 Å². The number of alkyl carbamates (subject to hydrolysis) is 1. The van der Waals surface area contributed by atoms with Gasteiger partial charge in [-0.2, -0.15) is 0 Å². The topological polar surface area (TPSA) is 77.0 Å². The SMILES string of the molecule is CC1(C)OB(C(=Cc2ccc3ccc(O)cc3c2)CNC(=O)OCc2ccccc2)OC1(C)C. The van der Waals surface area contributed by atoms with Crippen molar-refractivity contribution in [3.8, 4) is 5.75 Å². The van der Waals surface area contributed by atoms with Gasteiger partial charge in [-0.05, 0) is 73.3 Å². The largest absolute Gasteiger partial charge is 0.508 e. The molecular weight excluding hydrogens is 429 g/mol. The summed E-state index contributed by atoms with van der Waals surface area (Å²) < 4.78 is 17.8. The highest BCUT2D eigenvalue weighted by Gasteiger charge is 2.52. The van der Waals surface area contributed by atoms with E-state index in [9.17, 15) is 9.90 Å². The van der Waals surface area contributed by atoms with E-state index in [1.807, 2.05) is 88.4 Å². The molecule has 1 aliphatic heterocycles. The Bertz CT molecular complexity index is 1190. The molecule has 3 aromatic carbocycles. The predicted molar refractivity (Wildman–Crippen MR) is 134 cm³/mol. The van der Waals surface area contributed by atoms with Crippen LogP contribution in [0.2, 0.25) is 0 Å². The van der Waals surface area contributed by atoms with E-state index in [0.717, 1.165) is 27.4 Å². The molecule has 34 heavy (non-hydrogen) atoms. The Labute approximate surface area is 200 Å². The molecule has 2 N–H and O–H groups in total. The molecule has 3 aromatic rings. The zero-order valence-electron chi connectivity index (χ0n) is 20.0. The van der Waals surface area contributed by atoms with Crippen LogP contribution in [-0.4, -0.2) is 36.1 Å². The Kier molecular flexibility index (Phi) is 6.68. The molecule has 0 saturated carbocycles. The van der Waals surface area contributed by atoms with E-state index < -0.39 is 24.4 Å². The van der Waals surface area contributed by atoms with E-state index in [4.69, 9.17) is 14.0 Å². The van der Waals surface area contributed by atoms with Crippen LogP contribution in [0.15, 0.2) is 72.2 Å². The van der Waals surface area contributed by atoms with E-state index in [2.05, 4.69) is 5.32 Å². The van der Waals surface area contributed by atoms with Gasteiger partial charge in [-0.3, -0.25) is 0 Å². The number of nitrogens with one attached hydrogen (secondary N) is 1. The van der Waals surface area contributed by atoms with E-state index in [1.165, 1.54) is 0 Å². The van der Waals surface area contributed by atoms with Gasteiger partial charge in [0.2, 0.25) is 0 Å². The summed E-state index contributed by atoms with van der Waals surface area (Å²) in [6, 6.07) is 20.7. The molecule has 7 heteroatoms. The maximum absolute atomic E-state index is 12.4. The van der Waals surface area contributed by atoms with Crippen molar-refractivity contribution in [2.75, 3.05) is 6.54 Å². The molecule has 4 rings (SSSR count). The van der Waals surface area contributed by atoms with Gasteiger partial charge in [-0.15, -0.1) is 0 Å². The van der Waals surface area contributed by atoms with Crippen LogP contribution in [-0.2, 0) is 20.7 Å². The zero-order valence-corrected chi connectivity index (χ0v) is 20.0. The van der Waals surface area contributed by atoms with Crippen molar-refractivity contribution in [1.29, 1.82) is 0 Å². The maximum Gasteiger partial charge on any atom is 0.492 e. The number of carbonyl (C=O) groups is 1. The van der Waals surface area contributed by atoms with Crippen LogP contribution in [0.3, 0.4) is 0 Å². The average molecular weight is 459 g/mol. The lowest BCUT2D eigenvalue weighted by Gasteiger charge is -2.32. The molecular formula is C27H30BNO5. The van der Waals surface area contributed by atoms with Crippen molar-refractivity contribution < 1.29 is 23.9 Å². The number of carbonyl (C=O) groups excluding carboxylic acids is 1. The smallest absolute Gasteiger partial charge is 0.492 e. The summed E-state index contributed by atoms with van der Waals surface area (Å²) in [5.41, 5.74) is 1.55. The Morgan fingerprint density at radius 1 is 0.971 bits per heavy atom. The average Bonchev–Trinajstić information content (AvgIpc) is 3.02. The highest BCUT2D eigenvalue weighted by atomic mass is 16.7. The second-order valence-corrected chi connectivity index (χ2v) is 9.51. The van der Waals surface area contributed by atoms with Gasteiger partial charge in [0, 0.05) is 6.54 Å². The lowest BCUT2D eigenvalue weighted by molar-refractivity contribution is 0.00578. The summed E-state index contributed by atoms with van der Waals surface area (Å²) in [5, 5.41) is 14.6. The van der Waals surface area contributed by atoms with Gasteiger partial charge < -0.3 is 24.5 Å². The molecule has 6 nitrogen and oxygen atoms in total. The minimum Gasteiger partial charge on any atom is -0.508 e. The molecule has 0 unspecified atom stereocenters. The lowest BCUT2D eigenvalue weighted by atomic mass is 9.77. The summed E-state index contributed by atoms with van der Waals surface area (Å²) in [6.07, 6.45) is 1.43. The summed E-state index contributed by atoms with van der Waals surface area (Å²) in [6.45, 7) is 8.35. The minimum atomic E-state index is -0.626. The van der Waals surface area contributed by atoms with Crippen molar-refractivity contribution in [1.82, 2.24) is 5.32 Å². The van der Waals surface area contributed by atoms with Crippen LogP contribution in [0.4, 0.5) is 4.79 Å². The summed E-state index contributed by atoms with van der Waals surface area (Å²) in [7, 11) is -0.626. The first-order chi connectivity index (χ1) is 16.1. The number of phenolic OH excluding ortho intramolecular Hbond substituents is 1. The predicted octanol–water partition coefficient (Wildman–Crippen LogP) is 5.49. The number of fused-ring (bicyclic) bond motifs is 1. The van der Waals surface area contributed by atoms with Crippen molar-refractivity contribution in [2.24, 2.45) is 0 Å². The molecule has 1 aliphatic rings. The second-order valence-electron chi connectivity index (χ2n) is 9.51. The first-order valence-corrected chi connectivity index (χ1v) is 11.4. The van der Waals surface area contributed by atoms with Gasteiger partial charge in [-0.25, -0.2) is 4.79 Å². The van der Waals surface area contributed by atoms with E-state index in [0.29, 0.717) is 0 Å². The van der Waals surface area contributed by atoms with Crippen molar-refractivity contribution >= 4 is 30.1 Å². The van der Waals surface area contributed by atoms with Crippen LogP contribution in [0.25, 0.3) is 16.8 Å². The summed E-state index contributed by atoms with van der Waals surface area (Å²) in [5.74, 6) is 0.211. The summed E-state index contributed by atoms with van der Waals surface area (Å²) >= 11 is 0. The number of aromatic hydroxyl groups is 1. The monoisotopic (exact) mass is 459 g/mol. The number of hydrogen-bond donors (Lipinski definition) is 2. The molecule has 0 bridgehead atoms. The third kappa shape index (κ3) is 5.43. The molecule has 0 atom stereocenters.